The highest BCUT2D eigenvalue weighted by molar-refractivity contribution is 5.91. The maximum absolute atomic E-state index is 13.1. The van der Waals surface area contributed by atoms with Gasteiger partial charge in [-0.2, -0.15) is 0 Å². The zero-order chi connectivity index (χ0) is 15.6. The molecule has 0 atom stereocenters. The zero-order valence-electron chi connectivity index (χ0n) is 12.1. The van der Waals surface area contributed by atoms with Gasteiger partial charge in [0.25, 0.3) is 0 Å². The second-order valence-corrected chi connectivity index (χ2v) is 5.16. The zero-order valence-corrected chi connectivity index (χ0v) is 12.1. The Bertz CT molecular complexity index is 967. The van der Waals surface area contributed by atoms with E-state index >= 15 is 0 Å². The molecule has 23 heavy (non-hydrogen) atoms. The summed E-state index contributed by atoms with van der Waals surface area (Å²) in [5.74, 6) is -0.261. The molecule has 0 spiro atoms. The molecule has 2 aromatic heterocycles. The first-order chi connectivity index (χ1) is 11.3. The Morgan fingerprint density at radius 1 is 0.696 bits per heavy atom. The number of hydrogen-bond acceptors (Lipinski definition) is 3. The van der Waals surface area contributed by atoms with Crippen LogP contribution in [0.2, 0.25) is 0 Å². The van der Waals surface area contributed by atoms with Crippen LogP contribution in [0.25, 0.3) is 33.5 Å². The fraction of sp³-hybridized carbons (Fsp3) is 0. The Labute approximate surface area is 132 Å². The number of nitrogens with zero attached hydrogens (tertiary/aromatic N) is 3. The molecule has 0 amide bonds. The Balaban J connectivity index is 1.86. The lowest BCUT2D eigenvalue weighted by Gasteiger charge is -2.06. The standard InChI is InChI=1S/C19H12FN3/c20-15-8-6-13(7-9-15)17-11-10-16-18(14-4-2-1-3-5-14)21-12-22-19(16)23-17/h1-12H. The first-order valence-corrected chi connectivity index (χ1v) is 7.24. The van der Waals surface area contributed by atoms with E-state index in [9.17, 15) is 4.39 Å². The van der Waals surface area contributed by atoms with Crippen molar-refractivity contribution in [1.29, 1.82) is 0 Å². The smallest absolute Gasteiger partial charge is 0.163 e. The largest absolute Gasteiger partial charge is 0.236 e. The van der Waals surface area contributed by atoms with Crippen molar-refractivity contribution in [2.45, 2.75) is 0 Å². The summed E-state index contributed by atoms with van der Waals surface area (Å²) in [6.07, 6.45) is 1.52. The van der Waals surface area contributed by atoms with Crippen molar-refractivity contribution in [1.82, 2.24) is 15.0 Å². The van der Waals surface area contributed by atoms with E-state index in [0.29, 0.717) is 5.65 Å². The molecule has 0 aliphatic carbocycles. The van der Waals surface area contributed by atoms with Gasteiger partial charge in [0, 0.05) is 16.5 Å². The number of fused-ring (bicyclic) bond motifs is 1. The van der Waals surface area contributed by atoms with Gasteiger partial charge in [-0.25, -0.2) is 19.3 Å². The van der Waals surface area contributed by atoms with Crippen LogP contribution >= 0.6 is 0 Å². The van der Waals surface area contributed by atoms with Crippen molar-refractivity contribution in [2.24, 2.45) is 0 Å². The summed E-state index contributed by atoms with van der Waals surface area (Å²) < 4.78 is 13.1. The summed E-state index contributed by atoms with van der Waals surface area (Å²) in [5.41, 5.74) is 4.12. The average Bonchev–Trinajstić information content (AvgIpc) is 2.62. The summed E-state index contributed by atoms with van der Waals surface area (Å²) in [4.78, 5) is 13.3. The van der Waals surface area contributed by atoms with Gasteiger partial charge in [-0.05, 0) is 36.4 Å². The van der Waals surface area contributed by atoms with Gasteiger partial charge in [0.05, 0.1) is 11.4 Å². The number of hydrogen-bond donors (Lipinski definition) is 0. The molecule has 0 bridgehead atoms. The van der Waals surface area contributed by atoms with E-state index in [4.69, 9.17) is 0 Å². The van der Waals surface area contributed by atoms with Gasteiger partial charge in [-0.15, -0.1) is 0 Å². The highest BCUT2D eigenvalue weighted by atomic mass is 19.1. The highest BCUT2D eigenvalue weighted by Crippen LogP contribution is 2.26. The summed E-state index contributed by atoms with van der Waals surface area (Å²) in [5, 5.41) is 0.893. The SMILES string of the molecule is Fc1ccc(-c2ccc3c(-c4ccccc4)ncnc3n2)cc1. The third-order valence-corrected chi connectivity index (χ3v) is 3.68. The van der Waals surface area contributed by atoms with Gasteiger partial charge in [-0.1, -0.05) is 30.3 Å². The molecule has 3 nitrogen and oxygen atoms in total. The van der Waals surface area contributed by atoms with E-state index in [1.165, 1.54) is 18.5 Å². The molecular weight excluding hydrogens is 289 g/mol. The Morgan fingerprint density at radius 3 is 2.26 bits per heavy atom. The molecule has 4 heteroatoms. The normalized spacial score (nSPS) is 10.8. The molecule has 0 fully saturated rings. The van der Waals surface area contributed by atoms with Crippen LogP contribution in [0.4, 0.5) is 4.39 Å². The quantitative estimate of drug-likeness (QED) is 0.547. The van der Waals surface area contributed by atoms with Gasteiger partial charge in [0.1, 0.15) is 12.1 Å². The highest BCUT2D eigenvalue weighted by Gasteiger charge is 2.08. The van der Waals surface area contributed by atoms with Crippen LogP contribution in [-0.2, 0) is 0 Å². The molecule has 2 aromatic carbocycles. The number of benzene rings is 2. The molecule has 0 saturated heterocycles. The molecule has 0 radical (unpaired) electrons. The van der Waals surface area contributed by atoms with Gasteiger partial charge in [0.2, 0.25) is 0 Å². The molecule has 4 aromatic rings. The van der Waals surface area contributed by atoms with E-state index in [2.05, 4.69) is 15.0 Å². The van der Waals surface area contributed by atoms with Crippen molar-refractivity contribution in [3.8, 4) is 22.5 Å². The number of halogens is 1. The lowest BCUT2D eigenvalue weighted by atomic mass is 10.1. The van der Waals surface area contributed by atoms with Crippen LogP contribution in [0, 0.1) is 5.82 Å². The molecule has 0 saturated carbocycles. The third kappa shape index (κ3) is 2.55. The first-order valence-electron chi connectivity index (χ1n) is 7.24. The Kier molecular flexibility index (Phi) is 3.27. The molecule has 0 aliphatic heterocycles. The Hall–Kier alpha value is -3.14. The molecule has 110 valence electrons. The van der Waals surface area contributed by atoms with Crippen LogP contribution in [0.5, 0.6) is 0 Å². The molecule has 4 rings (SSSR count). The van der Waals surface area contributed by atoms with E-state index in [-0.39, 0.29) is 5.82 Å². The number of rotatable bonds is 2. The minimum Gasteiger partial charge on any atom is -0.236 e. The molecule has 0 N–H and O–H groups in total. The second kappa shape index (κ2) is 5.57. The number of aromatic nitrogens is 3. The van der Waals surface area contributed by atoms with E-state index in [0.717, 1.165) is 27.9 Å². The van der Waals surface area contributed by atoms with Gasteiger partial charge < -0.3 is 0 Å². The van der Waals surface area contributed by atoms with Gasteiger partial charge in [0.15, 0.2) is 5.65 Å². The fourth-order valence-electron chi connectivity index (χ4n) is 2.55. The first kappa shape index (κ1) is 13.5. The maximum Gasteiger partial charge on any atom is 0.163 e. The van der Waals surface area contributed by atoms with E-state index in [1.807, 2.05) is 42.5 Å². The fourth-order valence-corrected chi connectivity index (χ4v) is 2.55. The van der Waals surface area contributed by atoms with Crippen LogP contribution < -0.4 is 0 Å². The van der Waals surface area contributed by atoms with Gasteiger partial charge >= 0.3 is 0 Å². The third-order valence-electron chi connectivity index (χ3n) is 3.68. The van der Waals surface area contributed by atoms with Crippen LogP contribution in [0.3, 0.4) is 0 Å². The summed E-state index contributed by atoms with van der Waals surface area (Å²) in [6, 6.07) is 20.1. The monoisotopic (exact) mass is 301 g/mol. The summed E-state index contributed by atoms with van der Waals surface area (Å²) >= 11 is 0. The molecule has 0 aliphatic rings. The van der Waals surface area contributed by atoms with Crippen molar-refractivity contribution in [3.63, 3.8) is 0 Å². The predicted octanol–water partition coefficient (Wildman–Crippen LogP) is 4.50. The van der Waals surface area contributed by atoms with Crippen LogP contribution in [0.1, 0.15) is 0 Å². The van der Waals surface area contributed by atoms with Crippen LogP contribution in [0.15, 0.2) is 73.1 Å². The summed E-state index contributed by atoms with van der Waals surface area (Å²) in [6.45, 7) is 0. The second-order valence-electron chi connectivity index (χ2n) is 5.16. The van der Waals surface area contributed by atoms with Crippen molar-refractivity contribution in [3.05, 3.63) is 78.9 Å². The minimum atomic E-state index is -0.261. The summed E-state index contributed by atoms with van der Waals surface area (Å²) in [7, 11) is 0. The average molecular weight is 301 g/mol. The lowest BCUT2D eigenvalue weighted by Crippen LogP contribution is -1.93. The van der Waals surface area contributed by atoms with Crippen LogP contribution in [-0.4, -0.2) is 15.0 Å². The van der Waals surface area contributed by atoms with E-state index in [1.54, 1.807) is 12.1 Å². The van der Waals surface area contributed by atoms with Crippen molar-refractivity contribution >= 4 is 11.0 Å². The molecule has 0 unspecified atom stereocenters. The number of pyridine rings is 1. The molecular formula is C19H12FN3. The van der Waals surface area contributed by atoms with E-state index < -0.39 is 0 Å². The topological polar surface area (TPSA) is 38.7 Å². The van der Waals surface area contributed by atoms with Crippen molar-refractivity contribution < 1.29 is 4.39 Å². The van der Waals surface area contributed by atoms with Crippen molar-refractivity contribution in [2.75, 3.05) is 0 Å². The maximum atomic E-state index is 13.1. The van der Waals surface area contributed by atoms with Gasteiger partial charge in [-0.3, -0.25) is 0 Å². The Morgan fingerprint density at radius 2 is 1.48 bits per heavy atom. The lowest BCUT2D eigenvalue weighted by molar-refractivity contribution is 0.628. The molecule has 2 heterocycles. The minimum absolute atomic E-state index is 0.261. The predicted molar refractivity (Wildman–Crippen MR) is 88.2 cm³/mol.